The van der Waals surface area contributed by atoms with Crippen LogP contribution in [0.15, 0.2) is 48.5 Å². The lowest BCUT2D eigenvalue weighted by Crippen LogP contribution is -2.35. The third-order valence-electron chi connectivity index (χ3n) is 3.00. The van der Waals surface area contributed by atoms with Crippen molar-refractivity contribution in [2.24, 2.45) is 0 Å². The second-order valence-corrected chi connectivity index (χ2v) is 5.33. The van der Waals surface area contributed by atoms with E-state index in [4.69, 9.17) is 16.3 Å². The molecule has 0 unspecified atom stereocenters. The molecule has 6 heteroatoms. The van der Waals surface area contributed by atoms with Crippen LogP contribution in [-0.2, 0) is 9.59 Å². The summed E-state index contributed by atoms with van der Waals surface area (Å²) in [6, 6.07) is 14.2. The third kappa shape index (κ3) is 5.64. The summed E-state index contributed by atoms with van der Waals surface area (Å²) >= 11 is 5.85. The standard InChI is InChI=1S/C17H17ClN2O3/c1-12-9-13(18)7-8-15(12)23-11-17(22)19-10-16(21)20-14-5-3-2-4-6-14/h2-9H,10-11H2,1H3,(H,19,22)(H,20,21). The highest BCUT2D eigenvalue weighted by atomic mass is 35.5. The summed E-state index contributed by atoms with van der Waals surface area (Å²) in [5, 5.41) is 5.79. The number of carbonyl (C=O) groups excluding carboxylic acids is 2. The zero-order valence-corrected chi connectivity index (χ0v) is 13.4. The number of rotatable bonds is 6. The number of benzene rings is 2. The van der Waals surface area contributed by atoms with Gasteiger partial charge in [0.15, 0.2) is 6.61 Å². The van der Waals surface area contributed by atoms with Gasteiger partial charge in [-0.2, -0.15) is 0 Å². The highest BCUT2D eigenvalue weighted by Crippen LogP contribution is 2.21. The van der Waals surface area contributed by atoms with Crippen molar-refractivity contribution >= 4 is 29.1 Å². The first-order chi connectivity index (χ1) is 11.0. The van der Waals surface area contributed by atoms with E-state index in [0.717, 1.165) is 5.56 Å². The Balaban J connectivity index is 1.73. The molecule has 0 bridgehead atoms. The first-order valence-electron chi connectivity index (χ1n) is 7.05. The molecule has 0 aliphatic rings. The van der Waals surface area contributed by atoms with Gasteiger partial charge in [0.05, 0.1) is 6.54 Å². The third-order valence-corrected chi connectivity index (χ3v) is 3.23. The van der Waals surface area contributed by atoms with Crippen molar-refractivity contribution in [3.8, 4) is 5.75 Å². The van der Waals surface area contributed by atoms with Crippen LogP contribution in [-0.4, -0.2) is 25.0 Å². The van der Waals surface area contributed by atoms with Crippen LogP contribution < -0.4 is 15.4 Å². The van der Waals surface area contributed by atoms with Gasteiger partial charge in [-0.05, 0) is 42.8 Å². The number of nitrogens with one attached hydrogen (secondary N) is 2. The zero-order valence-electron chi connectivity index (χ0n) is 12.6. The number of halogens is 1. The molecule has 120 valence electrons. The summed E-state index contributed by atoms with van der Waals surface area (Å²) in [6.07, 6.45) is 0. The normalized spacial score (nSPS) is 10.0. The van der Waals surface area contributed by atoms with Gasteiger partial charge in [-0.25, -0.2) is 0 Å². The molecule has 0 saturated heterocycles. The minimum absolute atomic E-state index is 0.114. The van der Waals surface area contributed by atoms with Crippen LogP contribution in [0.4, 0.5) is 5.69 Å². The van der Waals surface area contributed by atoms with E-state index in [9.17, 15) is 9.59 Å². The fourth-order valence-electron chi connectivity index (χ4n) is 1.87. The van der Waals surface area contributed by atoms with E-state index < -0.39 is 0 Å². The van der Waals surface area contributed by atoms with Gasteiger partial charge in [-0.3, -0.25) is 9.59 Å². The maximum absolute atomic E-state index is 11.7. The lowest BCUT2D eigenvalue weighted by Gasteiger charge is -2.10. The van der Waals surface area contributed by atoms with Crippen LogP contribution in [0.2, 0.25) is 5.02 Å². The molecule has 2 aromatic rings. The van der Waals surface area contributed by atoms with Crippen LogP contribution in [0.25, 0.3) is 0 Å². The zero-order chi connectivity index (χ0) is 16.7. The second kappa shape index (κ2) is 8.19. The molecular formula is C17H17ClN2O3. The predicted octanol–water partition coefficient (Wildman–Crippen LogP) is 2.78. The minimum Gasteiger partial charge on any atom is -0.484 e. The average molecular weight is 333 g/mol. The molecule has 0 radical (unpaired) electrons. The Labute approximate surface area is 139 Å². The molecule has 0 aliphatic carbocycles. The van der Waals surface area contributed by atoms with Crippen LogP contribution in [0.5, 0.6) is 5.75 Å². The Kier molecular flexibility index (Phi) is 6.00. The summed E-state index contributed by atoms with van der Waals surface area (Å²) in [5.41, 5.74) is 1.52. The van der Waals surface area contributed by atoms with Crippen molar-refractivity contribution < 1.29 is 14.3 Å². The first-order valence-corrected chi connectivity index (χ1v) is 7.43. The summed E-state index contributed by atoms with van der Waals surface area (Å²) < 4.78 is 5.40. The van der Waals surface area contributed by atoms with Gasteiger partial charge >= 0.3 is 0 Å². The van der Waals surface area contributed by atoms with E-state index in [0.29, 0.717) is 16.5 Å². The van der Waals surface area contributed by atoms with E-state index in [1.807, 2.05) is 25.1 Å². The number of hydrogen-bond donors (Lipinski definition) is 2. The van der Waals surface area contributed by atoms with Crippen LogP contribution in [0.3, 0.4) is 0 Å². The molecule has 0 saturated carbocycles. The smallest absolute Gasteiger partial charge is 0.258 e. The van der Waals surface area contributed by atoms with Gasteiger partial charge in [0.25, 0.3) is 5.91 Å². The molecular weight excluding hydrogens is 316 g/mol. The van der Waals surface area contributed by atoms with Crippen molar-refractivity contribution in [3.63, 3.8) is 0 Å². The van der Waals surface area contributed by atoms with Crippen molar-refractivity contribution in [2.75, 3.05) is 18.5 Å². The van der Waals surface area contributed by atoms with Crippen LogP contribution in [0, 0.1) is 6.92 Å². The van der Waals surface area contributed by atoms with E-state index in [1.165, 1.54) is 0 Å². The van der Waals surface area contributed by atoms with Gasteiger partial charge in [0, 0.05) is 10.7 Å². The van der Waals surface area contributed by atoms with E-state index in [2.05, 4.69) is 10.6 Å². The predicted molar refractivity (Wildman–Crippen MR) is 89.8 cm³/mol. The van der Waals surface area contributed by atoms with Crippen molar-refractivity contribution in [3.05, 3.63) is 59.1 Å². The highest BCUT2D eigenvalue weighted by molar-refractivity contribution is 6.30. The second-order valence-electron chi connectivity index (χ2n) is 4.89. The van der Waals surface area contributed by atoms with Crippen molar-refractivity contribution in [1.29, 1.82) is 0 Å². The Morgan fingerprint density at radius 1 is 1.09 bits per heavy atom. The summed E-state index contributed by atoms with van der Waals surface area (Å²) in [6.45, 7) is 1.56. The Morgan fingerprint density at radius 3 is 2.52 bits per heavy atom. The Hall–Kier alpha value is -2.53. The molecule has 2 N–H and O–H groups in total. The lowest BCUT2D eigenvalue weighted by molar-refractivity contribution is -0.125. The van der Waals surface area contributed by atoms with E-state index in [1.54, 1.807) is 30.3 Å². The van der Waals surface area contributed by atoms with Crippen LogP contribution in [0.1, 0.15) is 5.56 Å². The van der Waals surface area contributed by atoms with Gasteiger partial charge in [-0.1, -0.05) is 29.8 Å². The summed E-state index contributed by atoms with van der Waals surface area (Å²) in [4.78, 5) is 23.4. The fourth-order valence-corrected chi connectivity index (χ4v) is 2.10. The topological polar surface area (TPSA) is 67.4 Å². The number of amides is 2. The van der Waals surface area contributed by atoms with Crippen LogP contribution >= 0.6 is 11.6 Å². The van der Waals surface area contributed by atoms with Gasteiger partial charge in [0.2, 0.25) is 5.91 Å². The number of aryl methyl sites for hydroxylation is 1. The molecule has 2 aromatic carbocycles. The fraction of sp³-hybridized carbons (Fsp3) is 0.176. The molecule has 2 rings (SSSR count). The SMILES string of the molecule is Cc1cc(Cl)ccc1OCC(=O)NCC(=O)Nc1ccccc1. The molecule has 2 amide bonds. The maximum atomic E-state index is 11.7. The van der Waals surface area contributed by atoms with E-state index in [-0.39, 0.29) is 25.0 Å². The minimum atomic E-state index is -0.373. The highest BCUT2D eigenvalue weighted by Gasteiger charge is 2.08. The molecule has 0 aliphatic heterocycles. The lowest BCUT2D eigenvalue weighted by atomic mass is 10.2. The summed E-state index contributed by atoms with van der Waals surface area (Å²) in [5.74, 6) is -0.0897. The molecule has 0 fully saturated rings. The molecule has 0 heterocycles. The first kappa shape index (κ1) is 16.8. The number of anilines is 1. The molecule has 0 aromatic heterocycles. The number of carbonyl (C=O) groups is 2. The van der Waals surface area contributed by atoms with Crippen molar-refractivity contribution in [2.45, 2.75) is 6.92 Å². The van der Waals surface area contributed by atoms with Gasteiger partial charge < -0.3 is 15.4 Å². The van der Waals surface area contributed by atoms with Gasteiger partial charge in [0.1, 0.15) is 5.75 Å². The Bertz CT molecular complexity index is 689. The molecule has 5 nitrogen and oxygen atoms in total. The molecule has 23 heavy (non-hydrogen) atoms. The largest absolute Gasteiger partial charge is 0.484 e. The van der Waals surface area contributed by atoms with E-state index >= 15 is 0 Å². The number of para-hydroxylation sites is 1. The van der Waals surface area contributed by atoms with Crippen molar-refractivity contribution in [1.82, 2.24) is 5.32 Å². The summed E-state index contributed by atoms with van der Waals surface area (Å²) in [7, 11) is 0. The number of hydrogen-bond acceptors (Lipinski definition) is 3. The monoisotopic (exact) mass is 332 g/mol. The van der Waals surface area contributed by atoms with Gasteiger partial charge in [-0.15, -0.1) is 0 Å². The quantitative estimate of drug-likeness (QED) is 0.854. The number of ether oxygens (including phenoxy) is 1. The molecule has 0 atom stereocenters. The maximum Gasteiger partial charge on any atom is 0.258 e. The Morgan fingerprint density at radius 2 is 1.83 bits per heavy atom. The molecule has 0 spiro atoms. The average Bonchev–Trinajstić information content (AvgIpc) is 2.53.